The minimum absolute atomic E-state index is 0.240. The van der Waals surface area contributed by atoms with E-state index >= 15 is 0 Å². The van der Waals surface area contributed by atoms with Crippen LogP contribution in [-0.4, -0.2) is 40.8 Å². The lowest BCUT2D eigenvalue weighted by molar-refractivity contribution is 0.132. The maximum absolute atomic E-state index is 13.7. The normalized spacial score (nSPS) is 22.2. The number of hydrogen-bond acceptors (Lipinski definition) is 5. The number of rotatable bonds is 0. The zero-order chi connectivity index (χ0) is 13.5. The van der Waals surface area contributed by atoms with Gasteiger partial charge >= 0.3 is 6.08 Å². The molecule has 2 aliphatic rings. The third-order valence-electron chi connectivity index (χ3n) is 4.07. The molecular formula is C14H15FN4O. The number of halogens is 1. The highest BCUT2D eigenvalue weighted by Gasteiger charge is 2.29. The summed E-state index contributed by atoms with van der Waals surface area (Å²) in [7, 11) is 0. The lowest BCUT2D eigenvalue weighted by Crippen LogP contribution is -2.37. The van der Waals surface area contributed by atoms with Gasteiger partial charge in [0.05, 0.1) is 29.2 Å². The second kappa shape index (κ2) is 4.63. The minimum Gasteiger partial charge on any atom is -0.379 e. The molecule has 5 nitrogen and oxygen atoms in total. The van der Waals surface area contributed by atoms with Crippen molar-refractivity contribution in [3.63, 3.8) is 0 Å². The van der Waals surface area contributed by atoms with Crippen molar-refractivity contribution < 1.29 is 9.13 Å². The summed E-state index contributed by atoms with van der Waals surface area (Å²) in [5.41, 5.74) is 1.61. The van der Waals surface area contributed by atoms with E-state index in [1.165, 1.54) is 0 Å². The Morgan fingerprint density at radius 3 is 3.25 bits per heavy atom. The fourth-order valence-electron chi connectivity index (χ4n) is 3.15. The molecule has 0 saturated carbocycles. The van der Waals surface area contributed by atoms with Crippen LogP contribution in [0.5, 0.6) is 0 Å². The zero-order valence-corrected chi connectivity index (χ0v) is 11.0. The predicted molar refractivity (Wildman–Crippen MR) is 72.2 cm³/mol. The van der Waals surface area contributed by atoms with Gasteiger partial charge in [-0.05, 0) is 25.3 Å². The van der Waals surface area contributed by atoms with E-state index in [-0.39, 0.29) is 6.04 Å². The lowest BCUT2D eigenvalue weighted by Gasteiger charge is -2.29. The number of anilines is 1. The summed E-state index contributed by atoms with van der Waals surface area (Å²) >= 11 is 0. The lowest BCUT2D eigenvalue weighted by atomic mass is 10.1. The molecule has 0 bridgehead atoms. The first kappa shape index (κ1) is 12.0. The van der Waals surface area contributed by atoms with Gasteiger partial charge in [-0.2, -0.15) is 9.37 Å². The van der Waals surface area contributed by atoms with Gasteiger partial charge in [-0.25, -0.2) is 4.98 Å². The molecular weight excluding hydrogens is 259 g/mol. The second-order valence-corrected chi connectivity index (χ2v) is 5.28. The van der Waals surface area contributed by atoms with Crippen LogP contribution in [0.25, 0.3) is 10.9 Å². The van der Waals surface area contributed by atoms with Crippen molar-refractivity contribution in [1.29, 1.82) is 0 Å². The molecule has 2 aromatic rings. The Morgan fingerprint density at radius 1 is 1.35 bits per heavy atom. The van der Waals surface area contributed by atoms with Crippen LogP contribution < -0.4 is 4.90 Å². The number of hydrogen-bond donors (Lipinski definition) is 0. The standard InChI is InChI=1S/C14H15FN4O/c15-14-17-11-4-5-16-10-3-2-9-8-20-7-1-6-19(9)13(18-14)12(10)11/h4-5,9H,1-3,6-8H2. The Bertz CT molecular complexity index is 663. The number of aryl methyl sites for hydroxylation is 1. The van der Waals surface area contributed by atoms with Gasteiger partial charge in [0.15, 0.2) is 0 Å². The monoisotopic (exact) mass is 274 g/mol. The van der Waals surface area contributed by atoms with Crippen molar-refractivity contribution in [3.05, 3.63) is 24.0 Å². The number of pyridine rings is 1. The van der Waals surface area contributed by atoms with E-state index in [4.69, 9.17) is 4.74 Å². The Morgan fingerprint density at radius 2 is 2.30 bits per heavy atom. The van der Waals surface area contributed by atoms with E-state index in [1.54, 1.807) is 12.3 Å². The van der Waals surface area contributed by atoms with E-state index < -0.39 is 6.08 Å². The van der Waals surface area contributed by atoms with Crippen LogP contribution in [0.4, 0.5) is 10.2 Å². The van der Waals surface area contributed by atoms with Gasteiger partial charge < -0.3 is 9.64 Å². The third kappa shape index (κ3) is 1.83. The molecule has 6 heteroatoms. The van der Waals surface area contributed by atoms with Gasteiger partial charge in [0.1, 0.15) is 5.82 Å². The molecule has 2 aliphatic heterocycles. The first-order chi connectivity index (χ1) is 9.83. The number of aromatic nitrogens is 3. The van der Waals surface area contributed by atoms with Crippen molar-refractivity contribution in [2.24, 2.45) is 0 Å². The molecule has 1 saturated heterocycles. The fraction of sp³-hybridized carbons (Fsp3) is 0.500. The van der Waals surface area contributed by atoms with Crippen molar-refractivity contribution in [2.75, 3.05) is 24.7 Å². The smallest absolute Gasteiger partial charge is 0.311 e. The maximum atomic E-state index is 13.7. The summed E-state index contributed by atoms with van der Waals surface area (Å²) in [5, 5.41) is 0.901. The largest absolute Gasteiger partial charge is 0.379 e. The van der Waals surface area contributed by atoms with Crippen molar-refractivity contribution in [2.45, 2.75) is 25.3 Å². The average Bonchev–Trinajstić information content (AvgIpc) is 2.75. The Balaban J connectivity index is 1.97. The van der Waals surface area contributed by atoms with Gasteiger partial charge in [0, 0.05) is 19.3 Å². The highest BCUT2D eigenvalue weighted by Crippen LogP contribution is 2.33. The summed E-state index contributed by atoms with van der Waals surface area (Å²) < 4.78 is 19.4. The van der Waals surface area contributed by atoms with Gasteiger partial charge in [-0.15, -0.1) is 0 Å². The molecule has 1 atom stereocenters. The first-order valence-corrected chi connectivity index (χ1v) is 6.98. The highest BCUT2D eigenvalue weighted by molar-refractivity contribution is 5.91. The molecule has 20 heavy (non-hydrogen) atoms. The third-order valence-corrected chi connectivity index (χ3v) is 4.07. The molecule has 0 aromatic carbocycles. The molecule has 4 rings (SSSR count). The molecule has 0 radical (unpaired) electrons. The molecule has 104 valence electrons. The van der Waals surface area contributed by atoms with Gasteiger partial charge in [0.2, 0.25) is 0 Å². The van der Waals surface area contributed by atoms with E-state index in [0.29, 0.717) is 17.9 Å². The van der Waals surface area contributed by atoms with Crippen molar-refractivity contribution >= 4 is 16.7 Å². The molecule has 1 fully saturated rings. The van der Waals surface area contributed by atoms with Crippen LogP contribution in [0.1, 0.15) is 18.5 Å². The molecule has 1 unspecified atom stereocenters. The van der Waals surface area contributed by atoms with Crippen LogP contribution in [0.15, 0.2) is 12.3 Å². The van der Waals surface area contributed by atoms with Crippen molar-refractivity contribution in [1.82, 2.24) is 15.0 Å². The van der Waals surface area contributed by atoms with E-state index in [0.717, 1.165) is 43.5 Å². The molecule has 0 amide bonds. The second-order valence-electron chi connectivity index (χ2n) is 5.28. The number of nitrogens with zero attached hydrogens (tertiary/aromatic N) is 4. The average molecular weight is 274 g/mol. The van der Waals surface area contributed by atoms with Gasteiger partial charge in [-0.1, -0.05) is 0 Å². The fourth-order valence-corrected chi connectivity index (χ4v) is 3.15. The number of ether oxygens (including phenoxy) is 1. The van der Waals surface area contributed by atoms with Crippen LogP contribution in [0, 0.1) is 6.08 Å². The topological polar surface area (TPSA) is 51.1 Å². The molecule has 4 heterocycles. The molecule has 0 aliphatic carbocycles. The van der Waals surface area contributed by atoms with Crippen LogP contribution >= 0.6 is 0 Å². The van der Waals surface area contributed by atoms with Gasteiger partial charge in [0.25, 0.3) is 0 Å². The Labute approximate surface area is 115 Å². The van der Waals surface area contributed by atoms with Crippen LogP contribution in [-0.2, 0) is 11.2 Å². The molecule has 0 N–H and O–H groups in total. The summed E-state index contributed by atoms with van der Waals surface area (Å²) in [4.78, 5) is 14.6. The quantitative estimate of drug-likeness (QED) is 0.684. The Hall–Kier alpha value is -1.82. The first-order valence-electron chi connectivity index (χ1n) is 6.98. The molecule has 2 aromatic heterocycles. The van der Waals surface area contributed by atoms with Gasteiger partial charge in [-0.3, -0.25) is 4.98 Å². The number of fused-ring (bicyclic) bond motifs is 2. The van der Waals surface area contributed by atoms with E-state index in [2.05, 4.69) is 19.9 Å². The zero-order valence-electron chi connectivity index (χ0n) is 11.0. The van der Waals surface area contributed by atoms with E-state index in [1.807, 2.05) is 0 Å². The predicted octanol–water partition coefficient (Wildman–Crippen LogP) is 1.71. The summed E-state index contributed by atoms with van der Waals surface area (Å²) in [6.07, 6.45) is 3.75. The summed E-state index contributed by atoms with van der Waals surface area (Å²) in [5.74, 6) is 0.684. The molecule has 0 spiro atoms. The van der Waals surface area contributed by atoms with Crippen LogP contribution in [0.3, 0.4) is 0 Å². The summed E-state index contributed by atoms with van der Waals surface area (Å²) in [6.45, 7) is 2.26. The SMILES string of the molecule is Fc1nc2c3c(nccc3n1)CCC1COCCCN21. The summed E-state index contributed by atoms with van der Waals surface area (Å²) in [6, 6.07) is 1.99. The van der Waals surface area contributed by atoms with E-state index in [9.17, 15) is 4.39 Å². The Kier molecular flexibility index (Phi) is 2.77. The highest BCUT2D eigenvalue weighted by atomic mass is 19.1. The minimum atomic E-state index is -0.671. The van der Waals surface area contributed by atoms with Crippen LogP contribution in [0.2, 0.25) is 0 Å². The maximum Gasteiger partial charge on any atom is 0.311 e. The van der Waals surface area contributed by atoms with Crippen molar-refractivity contribution in [3.8, 4) is 0 Å².